The first-order chi connectivity index (χ1) is 13.4. The van der Waals surface area contributed by atoms with E-state index in [1.165, 1.54) is 23.3 Å². The van der Waals surface area contributed by atoms with Crippen LogP contribution in [0.2, 0.25) is 0 Å². The molecule has 146 valence electrons. The Balaban J connectivity index is 1.51. The maximum Gasteiger partial charge on any atom is 0.238 e. The molecule has 0 amide bonds. The molecule has 7 nitrogen and oxygen atoms in total. The molecule has 4 N–H and O–H groups in total. The zero-order chi connectivity index (χ0) is 20.0. The number of primary sulfonamides is 1. The first kappa shape index (κ1) is 19.8. The number of hydrogen-bond donors (Lipinski definition) is 3. The lowest BCUT2D eigenvalue weighted by molar-refractivity contribution is 0.598. The van der Waals surface area contributed by atoms with Crippen molar-refractivity contribution in [2.75, 3.05) is 17.2 Å². The van der Waals surface area contributed by atoms with Crippen LogP contribution in [0, 0.1) is 6.92 Å². The molecule has 0 aliphatic rings. The van der Waals surface area contributed by atoms with Crippen LogP contribution in [0.15, 0.2) is 65.7 Å². The number of aryl methyl sites for hydroxylation is 1. The maximum absolute atomic E-state index is 11.3. The molecule has 8 heteroatoms. The minimum atomic E-state index is -3.66. The standard InChI is InChI=1S/C20H23N5O2S/c1-15-2-4-17(5-3-15)14-24-19-11-13-23-20(25-19)22-12-10-16-6-8-18(9-7-16)28(21,26)27/h2-9,11,13H,10,12,14H2,1H3,(H2,21,26,27)(H2,22,23,24,25). The van der Waals surface area contributed by atoms with Gasteiger partial charge in [0.1, 0.15) is 5.82 Å². The summed E-state index contributed by atoms with van der Waals surface area (Å²) in [6.07, 6.45) is 2.41. The van der Waals surface area contributed by atoms with Crippen molar-refractivity contribution < 1.29 is 8.42 Å². The molecule has 0 saturated carbocycles. The predicted octanol–water partition coefficient (Wildman–Crippen LogP) is 2.70. The zero-order valence-electron chi connectivity index (χ0n) is 15.6. The van der Waals surface area contributed by atoms with Crippen molar-refractivity contribution in [3.05, 3.63) is 77.5 Å². The van der Waals surface area contributed by atoms with Gasteiger partial charge in [-0.25, -0.2) is 18.5 Å². The summed E-state index contributed by atoms with van der Waals surface area (Å²) >= 11 is 0. The quantitative estimate of drug-likeness (QED) is 0.539. The van der Waals surface area contributed by atoms with Gasteiger partial charge >= 0.3 is 0 Å². The summed E-state index contributed by atoms with van der Waals surface area (Å²) in [7, 11) is -3.66. The van der Waals surface area contributed by atoms with Gasteiger partial charge in [0, 0.05) is 19.3 Å². The number of aromatic nitrogens is 2. The summed E-state index contributed by atoms with van der Waals surface area (Å²) in [6.45, 7) is 3.37. The van der Waals surface area contributed by atoms with Crippen LogP contribution in [0.3, 0.4) is 0 Å². The molecule has 2 aromatic carbocycles. The number of benzene rings is 2. The summed E-state index contributed by atoms with van der Waals surface area (Å²) in [5.74, 6) is 1.28. The van der Waals surface area contributed by atoms with E-state index in [1.54, 1.807) is 18.3 Å². The Labute approximate surface area is 165 Å². The number of anilines is 2. The molecule has 28 heavy (non-hydrogen) atoms. The predicted molar refractivity (Wildman–Crippen MR) is 111 cm³/mol. The minimum absolute atomic E-state index is 0.111. The highest BCUT2D eigenvalue weighted by atomic mass is 32.2. The normalized spacial score (nSPS) is 11.2. The second-order valence-electron chi connectivity index (χ2n) is 6.47. The average molecular weight is 398 g/mol. The first-order valence-electron chi connectivity index (χ1n) is 8.88. The van der Waals surface area contributed by atoms with Crippen LogP contribution < -0.4 is 15.8 Å². The van der Waals surface area contributed by atoms with Gasteiger partial charge in [0.05, 0.1) is 4.90 Å². The topological polar surface area (TPSA) is 110 Å². The van der Waals surface area contributed by atoms with Crippen molar-refractivity contribution in [1.29, 1.82) is 0 Å². The number of nitrogens with two attached hydrogens (primary N) is 1. The van der Waals surface area contributed by atoms with Crippen LogP contribution in [-0.4, -0.2) is 24.9 Å². The Bertz CT molecular complexity index is 1020. The van der Waals surface area contributed by atoms with E-state index in [0.717, 1.165) is 11.4 Å². The Hall–Kier alpha value is -2.97. The highest BCUT2D eigenvalue weighted by Crippen LogP contribution is 2.11. The Morgan fingerprint density at radius 2 is 1.61 bits per heavy atom. The second kappa shape index (κ2) is 8.81. The molecular formula is C20H23N5O2S. The molecule has 3 rings (SSSR count). The van der Waals surface area contributed by atoms with Crippen LogP contribution in [-0.2, 0) is 23.0 Å². The summed E-state index contributed by atoms with van der Waals surface area (Å²) in [5, 5.41) is 11.6. The maximum atomic E-state index is 11.3. The molecule has 0 aliphatic heterocycles. The Morgan fingerprint density at radius 1 is 0.929 bits per heavy atom. The minimum Gasteiger partial charge on any atom is -0.366 e. The molecule has 1 heterocycles. The molecule has 0 radical (unpaired) electrons. The van der Waals surface area contributed by atoms with Gasteiger partial charge < -0.3 is 10.6 Å². The fourth-order valence-electron chi connectivity index (χ4n) is 2.61. The average Bonchev–Trinajstić information content (AvgIpc) is 2.68. The molecule has 0 spiro atoms. The van der Waals surface area contributed by atoms with Gasteiger partial charge in [-0.2, -0.15) is 4.98 Å². The van der Waals surface area contributed by atoms with Gasteiger partial charge in [-0.05, 0) is 42.7 Å². The second-order valence-corrected chi connectivity index (χ2v) is 8.03. The molecule has 0 bridgehead atoms. The first-order valence-corrected chi connectivity index (χ1v) is 10.4. The van der Waals surface area contributed by atoms with Gasteiger partial charge in [0.25, 0.3) is 0 Å². The van der Waals surface area contributed by atoms with Crippen molar-refractivity contribution in [1.82, 2.24) is 9.97 Å². The van der Waals surface area contributed by atoms with Gasteiger partial charge in [0.15, 0.2) is 0 Å². The van der Waals surface area contributed by atoms with Gasteiger partial charge in [-0.1, -0.05) is 42.0 Å². The number of rotatable bonds is 8. The Morgan fingerprint density at radius 3 is 2.29 bits per heavy atom. The van der Waals surface area contributed by atoms with Crippen molar-refractivity contribution in [3.63, 3.8) is 0 Å². The van der Waals surface area contributed by atoms with E-state index in [9.17, 15) is 8.42 Å². The summed E-state index contributed by atoms with van der Waals surface area (Å²) in [5.41, 5.74) is 3.41. The highest BCUT2D eigenvalue weighted by Gasteiger charge is 2.06. The van der Waals surface area contributed by atoms with Crippen molar-refractivity contribution in [2.45, 2.75) is 24.8 Å². The third-order valence-electron chi connectivity index (χ3n) is 4.20. The van der Waals surface area contributed by atoms with E-state index < -0.39 is 10.0 Å². The van der Waals surface area contributed by atoms with Crippen molar-refractivity contribution in [2.24, 2.45) is 5.14 Å². The molecular weight excluding hydrogens is 374 g/mol. The fourth-order valence-corrected chi connectivity index (χ4v) is 3.12. The zero-order valence-corrected chi connectivity index (χ0v) is 16.4. The Kier molecular flexibility index (Phi) is 6.23. The molecule has 1 aromatic heterocycles. The monoisotopic (exact) mass is 397 g/mol. The molecule has 0 unspecified atom stereocenters. The van der Waals surface area contributed by atoms with Crippen LogP contribution >= 0.6 is 0 Å². The SMILES string of the molecule is Cc1ccc(CNc2ccnc(NCCc3ccc(S(N)(=O)=O)cc3)n2)cc1. The molecule has 0 fully saturated rings. The van der Waals surface area contributed by atoms with Gasteiger partial charge in [-0.3, -0.25) is 0 Å². The lowest BCUT2D eigenvalue weighted by Crippen LogP contribution is -2.12. The van der Waals surface area contributed by atoms with E-state index in [1.807, 2.05) is 6.07 Å². The van der Waals surface area contributed by atoms with E-state index in [4.69, 9.17) is 5.14 Å². The van der Waals surface area contributed by atoms with E-state index in [2.05, 4.69) is 51.8 Å². The summed E-state index contributed by atoms with van der Waals surface area (Å²) in [6, 6.07) is 16.7. The van der Waals surface area contributed by atoms with Crippen LogP contribution in [0.1, 0.15) is 16.7 Å². The number of sulfonamides is 1. The smallest absolute Gasteiger partial charge is 0.238 e. The highest BCUT2D eigenvalue weighted by molar-refractivity contribution is 7.89. The third kappa shape index (κ3) is 5.77. The fraction of sp³-hybridized carbons (Fsp3) is 0.200. The molecule has 0 atom stereocenters. The molecule has 0 saturated heterocycles. The summed E-state index contributed by atoms with van der Waals surface area (Å²) < 4.78 is 22.6. The summed E-state index contributed by atoms with van der Waals surface area (Å²) in [4.78, 5) is 8.79. The third-order valence-corrected chi connectivity index (χ3v) is 5.13. The molecule has 0 aliphatic carbocycles. The van der Waals surface area contributed by atoms with E-state index in [0.29, 0.717) is 25.5 Å². The van der Waals surface area contributed by atoms with Crippen LogP contribution in [0.25, 0.3) is 0 Å². The number of hydrogen-bond acceptors (Lipinski definition) is 6. The van der Waals surface area contributed by atoms with E-state index in [-0.39, 0.29) is 4.90 Å². The number of nitrogens with one attached hydrogen (secondary N) is 2. The lowest BCUT2D eigenvalue weighted by atomic mass is 10.1. The largest absolute Gasteiger partial charge is 0.366 e. The van der Waals surface area contributed by atoms with Crippen LogP contribution in [0.5, 0.6) is 0 Å². The van der Waals surface area contributed by atoms with E-state index >= 15 is 0 Å². The van der Waals surface area contributed by atoms with Crippen LogP contribution in [0.4, 0.5) is 11.8 Å². The van der Waals surface area contributed by atoms with Crippen molar-refractivity contribution >= 4 is 21.8 Å². The van der Waals surface area contributed by atoms with Gasteiger partial charge in [0.2, 0.25) is 16.0 Å². The number of nitrogens with zero attached hydrogens (tertiary/aromatic N) is 2. The van der Waals surface area contributed by atoms with Gasteiger partial charge in [-0.15, -0.1) is 0 Å². The lowest BCUT2D eigenvalue weighted by Gasteiger charge is -2.09. The molecule has 3 aromatic rings. The van der Waals surface area contributed by atoms with Crippen molar-refractivity contribution in [3.8, 4) is 0 Å².